The molecule has 0 atom stereocenters. The molecule has 1 amide bonds. The Kier molecular flexibility index (Phi) is 5.41. The molecule has 7 heteroatoms. The SMILES string of the molecule is COc1ccc2sc(C(=O)NCC(OC)OC)c(Cl)c2c1. The molecule has 1 aromatic heterocycles. The van der Waals surface area contributed by atoms with Crippen LogP contribution in [0.15, 0.2) is 18.2 Å². The van der Waals surface area contributed by atoms with E-state index in [9.17, 15) is 4.79 Å². The number of carbonyl (C=O) groups is 1. The van der Waals surface area contributed by atoms with Gasteiger partial charge in [-0.05, 0) is 18.2 Å². The van der Waals surface area contributed by atoms with E-state index in [0.717, 1.165) is 10.1 Å². The molecule has 0 unspecified atom stereocenters. The lowest BCUT2D eigenvalue weighted by molar-refractivity contribution is -0.0974. The van der Waals surface area contributed by atoms with E-state index >= 15 is 0 Å². The molecule has 1 aromatic carbocycles. The van der Waals surface area contributed by atoms with E-state index in [1.165, 1.54) is 25.6 Å². The van der Waals surface area contributed by atoms with E-state index in [2.05, 4.69) is 5.32 Å². The Morgan fingerprint density at radius 2 is 2.05 bits per heavy atom. The Hall–Kier alpha value is -1.34. The van der Waals surface area contributed by atoms with Crippen LogP contribution in [0, 0.1) is 0 Å². The predicted octanol–water partition coefficient (Wildman–Crippen LogP) is 2.91. The molecule has 2 rings (SSSR count). The number of hydrogen-bond acceptors (Lipinski definition) is 5. The maximum absolute atomic E-state index is 12.2. The van der Waals surface area contributed by atoms with Crippen molar-refractivity contribution in [1.82, 2.24) is 5.32 Å². The van der Waals surface area contributed by atoms with E-state index < -0.39 is 6.29 Å². The fourth-order valence-corrected chi connectivity index (χ4v) is 3.24. The van der Waals surface area contributed by atoms with E-state index in [0.29, 0.717) is 15.6 Å². The highest BCUT2D eigenvalue weighted by Crippen LogP contribution is 2.37. The largest absolute Gasteiger partial charge is 0.497 e. The smallest absolute Gasteiger partial charge is 0.263 e. The molecule has 1 heterocycles. The lowest BCUT2D eigenvalue weighted by atomic mass is 10.2. The second kappa shape index (κ2) is 7.09. The number of ether oxygens (including phenoxy) is 3. The van der Waals surface area contributed by atoms with Crippen LogP contribution in [0.25, 0.3) is 10.1 Å². The molecule has 1 N–H and O–H groups in total. The summed E-state index contributed by atoms with van der Waals surface area (Å²) >= 11 is 7.63. The summed E-state index contributed by atoms with van der Waals surface area (Å²) < 4.78 is 16.1. The summed E-state index contributed by atoms with van der Waals surface area (Å²) in [7, 11) is 4.61. The number of nitrogens with one attached hydrogen (secondary N) is 1. The third-order valence-electron chi connectivity index (χ3n) is 3.00. The number of halogens is 1. The topological polar surface area (TPSA) is 56.8 Å². The number of benzene rings is 1. The highest BCUT2D eigenvalue weighted by molar-refractivity contribution is 7.21. The van der Waals surface area contributed by atoms with Crippen LogP contribution in [-0.2, 0) is 9.47 Å². The second-order valence-electron chi connectivity index (χ2n) is 4.22. The van der Waals surface area contributed by atoms with Gasteiger partial charge in [0.05, 0.1) is 18.7 Å². The van der Waals surface area contributed by atoms with Crippen molar-refractivity contribution in [3.63, 3.8) is 0 Å². The first kappa shape index (κ1) is 16.0. The van der Waals surface area contributed by atoms with Gasteiger partial charge in [-0.2, -0.15) is 0 Å². The molecule has 0 aliphatic carbocycles. The number of thiophene rings is 1. The van der Waals surface area contributed by atoms with Crippen LogP contribution in [0.5, 0.6) is 5.75 Å². The minimum atomic E-state index is -0.484. The Bertz CT molecular complexity index is 639. The molecule has 114 valence electrons. The Labute approximate surface area is 131 Å². The fourth-order valence-electron chi connectivity index (χ4n) is 1.84. The number of amides is 1. The van der Waals surface area contributed by atoms with Gasteiger partial charge in [0.2, 0.25) is 0 Å². The van der Waals surface area contributed by atoms with Gasteiger partial charge in [-0.25, -0.2) is 0 Å². The standard InChI is InChI=1S/C14H16ClNO4S/c1-18-8-4-5-10-9(6-8)12(15)13(21-10)14(17)16-7-11(19-2)20-3/h4-6,11H,7H2,1-3H3,(H,16,17). The molecule has 0 bridgehead atoms. The third kappa shape index (κ3) is 3.47. The quantitative estimate of drug-likeness (QED) is 0.828. The van der Waals surface area contributed by atoms with Gasteiger partial charge in [-0.15, -0.1) is 11.3 Å². The molecule has 0 aliphatic heterocycles. The van der Waals surface area contributed by atoms with E-state index in [-0.39, 0.29) is 12.5 Å². The zero-order valence-electron chi connectivity index (χ0n) is 11.9. The molecule has 5 nitrogen and oxygen atoms in total. The van der Waals surface area contributed by atoms with Crippen LogP contribution in [0.4, 0.5) is 0 Å². The summed E-state index contributed by atoms with van der Waals surface area (Å²) in [6, 6.07) is 5.54. The van der Waals surface area contributed by atoms with Gasteiger partial charge >= 0.3 is 0 Å². The van der Waals surface area contributed by atoms with Crippen molar-refractivity contribution in [3.05, 3.63) is 28.1 Å². The van der Waals surface area contributed by atoms with E-state index in [1.54, 1.807) is 7.11 Å². The highest BCUT2D eigenvalue weighted by Gasteiger charge is 2.18. The zero-order valence-corrected chi connectivity index (χ0v) is 13.5. The Balaban J connectivity index is 2.21. The monoisotopic (exact) mass is 329 g/mol. The van der Waals surface area contributed by atoms with Crippen molar-refractivity contribution in [2.24, 2.45) is 0 Å². The summed E-state index contributed by atoms with van der Waals surface area (Å²) in [5.74, 6) is 0.451. The predicted molar refractivity (Wildman–Crippen MR) is 83.5 cm³/mol. The number of rotatable bonds is 6. The first-order valence-electron chi connectivity index (χ1n) is 6.20. The third-order valence-corrected chi connectivity index (χ3v) is 4.67. The van der Waals surface area contributed by atoms with Crippen molar-refractivity contribution >= 4 is 38.9 Å². The lowest BCUT2D eigenvalue weighted by Gasteiger charge is -2.13. The van der Waals surface area contributed by atoms with Crippen molar-refractivity contribution < 1.29 is 19.0 Å². The summed E-state index contributed by atoms with van der Waals surface area (Å²) in [5, 5.41) is 3.97. The van der Waals surface area contributed by atoms with Gasteiger partial charge in [-0.1, -0.05) is 11.6 Å². The molecule has 0 saturated carbocycles. The minimum absolute atomic E-state index is 0.250. The number of fused-ring (bicyclic) bond motifs is 1. The molecular weight excluding hydrogens is 314 g/mol. The summed E-state index contributed by atoms with van der Waals surface area (Å²) in [4.78, 5) is 12.7. The first-order chi connectivity index (χ1) is 10.1. The normalized spacial score (nSPS) is 11.1. The van der Waals surface area contributed by atoms with Crippen LogP contribution in [0.1, 0.15) is 9.67 Å². The summed E-state index contributed by atoms with van der Waals surface area (Å²) in [6.07, 6.45) is -0.484. The Morgan fingerprint density at radius 3 is 2.67 bits per heavy atom. The minimum Gasteiger partial charge on any atom is -0.497 e. The van der Waals surface area contributed by atoms with Gasteiger partial charge in [0.1, 0.15) is 10.6 Å². The summed E-state index contributed by atoms with van der Waals surface area (Å²) in [6.45, 7) is 0.250. The van der Waals surface area contributed by atoms with Gasteiger partial charge < -0.3 is 19.5 Å². The molecule has 2 aromatic rings. The number of methoxy groups -OCH3 is 3. The van der Waals surface area contributed by atoms with Crippen LogP contribution in [0.3, 0.4) is 0 Å². The average molecular weight is 330 g/mol. The maximum Gasteiger partial charge on any atom is 0.263 e. The molecule has 21 heavy (non-hydrogen) atoms. The molecule has 0 aliphatic rings. The molecular formula is C14H16ClNO4S. The van der Waals surface area contributed by atoms with Gasteiger partial charge in [-0.3, -0.25) is 4.79 Å². The van der Waals surface area contributed by atoms with Crippen molar-refractivity contribution in [2.45, 2.75) is 6.29 Å². The summed E-state index contributed by atoms with van der Waals surface area (Å²) in [5.41, 5.74) is 0. The van der Waals surface area contributed by atoms with Crippen LogP contribution >= 0.6 is 22.9 Å². The van der Waals surface area contributed by atoms with Crippen LogP contribution in [-0.4, -0.2) is 40.1 Å². The fraction of sp³-hybridized carbons (Fsp3) is 0.357. The zero-order chi connectivity index (χ0) is 15.4. The van der Waals surface area contributed by atoms with Crippen LogP contribution < -0.4 is 10.1 Å². The Morgan fingerprint density at radius 1 is 1.33 bits per heavy atom. The second-order valence-corrected chi connectivity index (χ2v) is 5.65. The lowest BCUT2D eigenvalue weighted by Crippen LogP contribution is -2.33. The number of hydrogen-bond donors (Lipinski definition) is 1. The average Bonchev–Trinajstić information content (AvgIpc) is 2.84. The van der Waals surface area contributed by atoms with Crippen molar-refractivity contribution in [3.8, 4) is 5.75 Å². The molecule has 0 radical (unpaired) electrons. The molecule has 0 fully saturated rings. The molecule has 0 spiro atoms. The van der Waals surface area contributed by atoms with Crippen LogP contribution in [0.2, 0.25) is 5.02 Å². The van der Waals surface area contributed by atoms with Gasteiger partial charge in [0.15, 0.2) is 6.29 Å². The molecule has 0 saturated heterocycles. The highest BCUT2D eigenvalue weighted by atomic mass is 35.5. The van der Waals surface area contributed by atoms with Crippen molar-refractivity contribution in [2.75, 3.05) is 27.9 Å². The van der Waals surface area contributed by atoms with E-state index in [1.807, 2.05) is 18.2 Å². The maximum atomic E-state index is 12.2. The van der Waals surface area contributed by atoms with Crippen molar-refractivity contribution in [1.29, 1.82) is 0 Å². The van der Waals surface area contributed by atoms with Gasteiger partial charge in [0, 0.05) is 24.3 Å². The first-order valence-corrected chi connectivity index (χ1v) is 7.40. The number of carbonyl (C=O) groups excluding carboxylic acids is 1. The van der Waals surface area contributed by atoms with E-state index in [4.69, 9.17) is 25.8 Å². The van der Waals surface area contributed by atoms with Gasteiger partial charge in [0.25, 0.3) is 5.91 Å².